The fourth-order valence-corrected chi connectivity index (χ4v) is 2.49. The fourth-order valence-electron chi connectivity index (χ4n) is 1.62. The smallest absolute Gasteiger partial charge is 0.191 e. The first kappa shape index (κ1) is 12.2. The average Bonchev–Trinajstić information content (AvgIpc) is 2.35. The number of para-hydroxylation sites is 1. The number of fused-ring (bicyclic) bond motifs is 2. The summed E-state index contributed by atoms with van der Waals surface area (Å²) in [7, 11) is 0. The van der Waals surface area contributed by atoms with Gasteiger partial charge < -0.3 is 9.47 Å². The lowest BCUT2D eigenvalue weighted by molar-refractivity contribution is 0.360. The lowest BCUT2D eigenvalue weighted by Crippen LogP contribution is -2.00. The van der Waals surface area contributed by atoms with Gasteiger partial charge in [0.25, 0.3) is 0 Å². The predicted octanol–water partition coefficient (Wildman–Crippen LogP) is 6.20. The van der Waals surface area contributed by atoms with Crippen LogP contribution in [0.1, 0.15) is 0 Å². The first-order valence-corrected chi connectivity index (χ1v) is 6.41. The molecule has 1 heterocycles. The van der Waals surface area contributed by atoms with Crippen LogP contribution in [0.3, 0.4) is 0 Å². The Morgan fingerprint density at radius 1 is 0.722 bits per heavy atom. The highest BCUT2D eigenvalue weighted by atomic mass is 35.5. The van der Waals surface area contributed by atoms with Crippen molar-refractivity contribution in [2.75, 3.05) is 0 Å². The van der Waals surface area contributed by atoms with Crippen LogP contribution in [0.4, 0.5) is 0 Å². The maximum Gasteiger partial charge on any atom is 0.191 e. The summed E-state index contributed by atoms with van der Waals surface area (Å²) >= 11 is 24.1. The van der Waals surface area contributed by atoms with Gasteiger partial charge in [0.2, 0.25) is 0 Å². The summed E-state index contributed by atoms with van der Waals surface area (Å²) in [6.07, 6.45) is 0. The van der Waals surface area contributed by atoms with E-state index in [1.165, 1.54) is 6.07 Å². The zero-order valence-electron chi connectivity index (χ0n) is 8.64. The van der Waals surface area contributed by atoms with E-state index in [0.717, 1.165) is 0 Å². The van der Waals surface area contributed by atoms with Crippen LogP contribution < -0.4 is 9.47 Å². The second-order valence-electron chi connectivity index (χ2n) is 3.58. The Labute approximate surface area is 123 Å². The first-order chi connectivity index (χ1) is 8.58. The van der Waals surface area contributed by atoms with Crippen LogP contribution in [0.25, 0.3) is 0 Å². The van der Waals surface area contributed by atoms with Crippen LogP contribution >= 0.6 is 46.4 Å². The highest BCUT2D eigenvalue weighted by Gasteiger charge is 2.27. The Morgan fingerprint density at radius 2 is 1.50 bits per heavy atom. The second-order valence-corrected chi connectivity index (χ2v) is 5.18. The summed E-state index contributed by atoms with van der Waals surface area (Å²) in [6, 6.07) is 6.67. The molecule has 0 spiro atoms. The number of hydrogen-bond acceptors (Lipinski definition) is 2. The summed E-state index contributed by atoms with van der Waals surface area (Å²) in [4.78, 5) is 0. The molecule has 92 valence electrons. The molecule has 6 heteroatoms. The molecule has 1 aliphatic rings. The lowest BCUT2D eigenvalue weighted by atomic mass is 10.2. The summed E-state index contributed by atoms with van der Waals surface area (Å²) < 4.78 is 11.3. The molecule has 0 saturated heterocycles. The van der Waals surface area contributed by atoms with Crippen LogP contribution in [0.5, 0.6) is 23.0 Å². The number of rotatable bonds is 0. The molecule has 0 unspecified atom stereocenters. The Kier molecular flexibility index (Phi) is 2.99. The Morgan fingerprint density at radius 3 is 2.28 bits per heavy atom. The van der Waals surface area contributed by atoms with E-state index < -0.39 is 0 Å². The topological polar surface area (TPSA) is 18.5 Å². The molecule has 0 fully saturated rings. The van der Waals surface area contributed by atoms with Crippen molar-refractivity contribution >= 4 is 46.4 Å². The quantitative estimate of drug-likeness (QED) is 0.459. The maximum absolute atomic E-state index is 6.06. The standard InChI is InChI=1S/C12H4Cl4O2/c13-5-2-1-3-8-10(5)18-12-9(16)6(14)4-7(15)11(12)17-8/h1-4H. The lowest BCUT2D eigenvalue weighted by Gasteiger charge is -2.23. The summed E-state index contributed by atoms with van der Waals surface area (Å²) in [5.74, 6) is 1.48. The molecule has 0 radical (unpaired) electrons. The minimum absolute atomic E-state index is 0.238. The molecule has 0 amide bonds. The van der Waals surface area contributed by atoms with Gasteiger partial charge in [0.1, 0.15) is 5.02 Å². The molecular weight excluding hydrogens is 318 g/mol. The van der Waals surface area contributed by atoms with Gasteiger partial charge in [0.15, 0.2) is 23.0 Å². The Bertz CT molecular complexity index is 655. The zero-order valence-corrected chi connectivity index (χ0v) is 11.7. The van der Waals surface area contributed by atoms with Crippen molar-refractivity contribution in [3.05, 3.63) is 44.4 Å². The molecule has 0 N–H and O–H groups in total. The van der Waals surface area contributed by atoms with Crippen LogP contribution in [-0.2, 0) is 0 Å². The van der Waals surface area contributed by atoms with Crippen LogP contribution in [-0.4, -0.2) is 0 Å². The predicted molar refractivity (Wildman–Crippen MR) is 73.1 cm³/mol. The van der Waals surface area contributed by atoms with E-state index in [1.54, 1.807) is 18.2 Å². The minimum atomic E-state index is 0.238. The molecule has 2 aromatic rings. The van der Waals surface area contributed by atoms with Gasteiger partial charge in [-0.3, -0.25) is 0 Å². The van der Waals surface area contributed by atoms with Crippen molar-refractivity contribution in [2.24, 2.45) is 0 Å². The minimum Gasteiger partial charge on any atom is -0.448 e. The first-order valence-electron chi connectivity index (χ1n) is 4.89. The van der Waals surface area contributed by atoms with Crippen LogP contribution in [0.2, 0.25) is 20.1 Å². The molecule has 0 aliphatic carbocycles. The Balaban J connectivity index is 2.23. The van der Waals surface area contributed by atoms with Gasteiger partial charge in [0, 0.05) is 0 Å². The average molecular weight is 322 g/mol. The normalized spacial score (nSPS) is 12.2. The third-order valence-corrected chi connectivity index (χ3v) is 3.78. The third-order valence-electron chi connectivity index (χ3n) is 2.43. The van der Waals surface area contributed by atoms with Crippen molar-refractivity contribution in [1.29, 1.82) is 0 Å². The van der Waals surface area contributed by atoms with Crippen molar-refractivity contribution in [3.8, 4) is 23.0 Å². The second kappa shape index (κ2) is 4.39. The number of benzene rings is 2. The van der Waals surface area contributed by atoms with E-state index in [0.29, 0.717) is 32.3 Å². The number of hydrogen-bond donors (Lipinski definition) is 0. The highest BCUT2D eigenvalue weighted by molar-refractivity contribution is 6.44. The van der Waals surface area contributed by atoms with Gasteiger partial charge >= 0.3 is 0 Å². The van der Waals surface area contributed by atoms with E-state index in [9.17, 15) is 0 Å². The SMILES string of the molecule is Clc1cc(Cl)c2c(c1Cl)Oc1c(Cl)cccc1O2. The van der Waals surface area contributed by atoms with Crippen LogP contribution in [0, 0.1) is 0 Å². The molecule has 18 heavy (non-hydrogen) atoms. The van der Waals surface area contributed by atoms with E-state index in [-0.39, 0.29) is 10.8 Å². The summed E-state index contributed by atoms with van der Waals surface area (Å²) in [6.45, 7) is 0. The van der Waals surface area contributed by atoms with E-state index in [1.807, 2.05) is 0 Å². The fraction of sp³-hybridized carbons (Fsp3) is 0. The van der Waals surface area contributed by atoms with Crippen LogP contribution in [0.15, 0.2) is 24.3 Å². The van der Waals surface area contributed by atoms with Gasteiger partial charge in [-0.1, -0.05) is 52.5 Å². The third kappa shape index (κ3) is 1.81. The molecule has 0 atom stereocenters. The monoisotopic (exact) mass is 320 g/mol. The van der Waals surface area contributed by atoms with Gasteiger partial charge in [-0.2, -0.15) is 0 Å². The molecule has 0 bridgehead atoms. The molecule has 0 aromatic heterocycles. The Hall–Kier alpha value is -0.800. The number of halogens is 4. The van der Waals surface area contributed by atoms with E-state index >= 15 is 0 Å². The largest absolute Gasteiger partial charge is 0.448 e. The molecule has 2 aromatic carbocycles. The van der Waals surface area contributed by atoms with Gasteiger partial charge in [-0.05, 0) is 18.2 Å². The zero-order chi connectivity index (χ0) is 12.9. The molecule has 1 aliphatic heterocycles. The van der Waals surface area contributed by atoms with Crippen molar-refractivity contribution < 1.29 is 9.47 Å². The van der Waals surface area contributed by atoms with Crippen molar-refractivity contribution in [3.63, 3.8) is 0 Å². The van der Waals surface area contributed by atoms with E-state index in [4.69, 9.17) is 55.9 Å². The molecule has 0 saturated carbocycles. The summed E-state index contributed by atoms with van der Waals surface area (Å²) in [5.41, 5.74) is 0. The summed E-state index contributed by atoms with van der Waals surface area (Å²) in [5, 5.41) is 1.27. The molecule has 3 rings (SSSR count). The van der Waals surface area contributed by atoms with Crippen molar-refractivity contribution in [1.82, 2.24) is 0 Å². The number of ether oxygens (including phenoxy) is 2. The van der Waals surface area contributed by atoms with Crippen molar-refractivity contribution in [2.45, 2.75) is 0 Å². The van der Waals surface area contributed by atoms with Gasteiger partial charge in [0.05, 0.1) is 15.1 Å². The molecular formula is C12H4Cl4O2. The highest BCUT2D eigenvalue weighted by Crippen LogP contribution is 2.55. The van der Waals surface area contributed by atoms with E-state index in [2.05, 4.69) is 0 Å². The molecule has 2 nitrogen and oxygen atoms in total. The van der Waals surface area contributed by atoms with Gasteiger partial charge in [-0.15, -0.1) is 0 Å². The maximum atomic E-state index is 6.06. The van der Waals surface area contributed by atoms with Gasteiger partial charge in [-0.25, -0.2) is 0 Å².